The van der Waals surface area contributed by atoms with Gasteiger partial charge in [-0.05, 0) is 172 Å². The van der Waals surface area contributed by atoms with Crippen molar-refractivity contribution < 1.29 is 27.9 Å². The van der Waals surface area contributed by atoms with Crippen LogP contribution in [-0.2, 0) is 10.8 Å². The SMILES string of the molecule is Cc1cc2cc(C)c1OCCCCOc1cc(C)c(c(C)c1)C1(CC[N+](C)(C)CC1)c1c(C)cc(cc1C)OCCCCOc1c(C)cc(cc1C)C21CC[N+](C)(C)CC1. The Labute approximate surface area is 363 Å². The Bertz CT molecular complexity index is 1950. The van der Waals surface area contributed by atoms with E-state index in [1.54, 1.807) is 0 Å². The lowest BCUT2D eigenvalue weighted by Crippen LogP contribution is -2.52. The average molecular weight is 817 g/mol. The third-order valence-electron chi connectivity index (χ3n) is 14.7. The van der Waals surface area contributed by atoms with Gasteiger partial charge in [0.25, 0.3) is 0 Å². The van der Waals surface area contributed by atoms with Crippen LogP contribution in [0.1, 0.15) is 118 Å². The molecule has 2 saturated heterocycles. The van der Waals surface area contributed by atoms with Gasteiger partial charge in [-0.3, -0.25) is 0 Å². The van der Waals surface area contributed by atoms with Gasteiger partial charge in [0.15, 0.2) is 0 Å². The second kappa shape index (κ2) is 17.4. The first kappa shape index (κ1) is 44.1. The molecule has 0 aromatic heterocycles. The molecule has 8 bridgehead atoms. The second-order valence-electron chi connectivity index (χ2n) is 20.5. The summed E-state index contributed by atoms with van der Waals surface area (Å²) in [6.45, 7) is 25.4. The van der Waals surface area contributed by atoms with Crippen LogP contribution < -0.4 is 18.9 Å². The molecule has 16 rings (SSSR count). The molecule has 2 spiro atoms. The number of nitrogens with zero attached hydrogens (tertiary/aromatic N) is 2. The highest BCUT2D eigenvalue weighted by atomic mass is 16.5. The van der Waals surface area contributed by atoms with Crippen molar-refractivity contribution in [1.82, 2.24) is 0 Å². The molecule has 0 saturated carbocycles. The second-order valence-corrected chi connectivity index (χ2v) is 20.5. The average Bonchev–Trinajstić information content (AvgIpc) is 3.16. The summed E-state index contributed by atoms with van der Waals surface area (Å²) in [5.74, 6) is 4.01. The van der Waals surface area contributed by atoms with E-state index in [4.69, 9.17) is 18.9 Å². The molecule has 4 aromatic rings. The lowest BCUT2D eigenvalue weighted by molar-refractivity contribution is -0.896. The van der Waals surface area contributed by atoms with Crippen LogP contribution in [0, 0.1) is 55.4 Å². The van der Waals surface area contributed by atoms with Crippen LogP contribution in [0.2, 0.25) is 0 Å². The van der Waals surface area contributed by atoms with Crippen molar-refractivity contribution in [1.29, 1.82) is 0 Å². The molecule has 12 aliphatic heterocycles. The molecule has 60 heavy (non-hydrogen) atoms. The van der Waals surface area contributed by atoms with E-state index in [-0.39, 0.29) is 10.8 Å². The summed E-state index contributed by atoms with van der Waals surface area (Å²) >= 11 is 0. The summed E-state index contributed by atoms with van der Waals surface area (Å²) in [7, 11) is 9.51. The fourth-order valence-corrected chi connectivity index (χ4v) is 11.4. The first-order valence-electron chi connectivity index (χ1n) is 23.1. The zero-order valence-electron chi connectivity index (χ0n) is 39.5. The minimum absolute atomic E-state index is 0.0535. The number of piperidine rings is 2. The molecule has 0 unspecified atom stereocenters. The highest BCUT2D eigenvalue weighted by Gasteiger charge is 2.46. The summed E-state index contributed by atoms with van der Waals surface area (Å²) in [6.07, 6.45) is 8.22. The zero-order valence-corrected chi connectivity index (χ0v) is 39.5. The maximum Gasteiger partial charge on any atom is 0.125 e. The summed E-state index contributed by atoms with van der Waals surface area (Å²) in [5.41, 5.74) is 15.9. The number of ether oxygens (including phenoxy) is 4. The van der Waals surface area contributed by atoms with E-state index in [1.165, 1.54) is 66.8 Å². The Kier molecular flexibility index (Phi) is 12.8. The molecule has 6 heteroatoms. The van der Waals surface area contributed by atoms with Gasteiger partial charge in [0.05, 0.1) is 80.8 Å². The largest absolute Gasteiger partial charge is 0.494 e. The maximum atomic E-state index is 6.57. The fourth-order valence-electron chi connectivity index (χ4n) is 11.4. The van der Waals surface area contributed by atoms with Crippen molar-refractivity contribution in [3.05, 3.63) is 115 Å². The molecule has 12 aliphatic rings. The predicted molar refractivity (Wildman–Crippen MR) is 248 cm³/mol. The van der Waals surface area contributed by atoms with E-state index in [0.717, 1.165) is 110 Å². The topological polar surface area (TPSA) is 36.9 Å². The van der Waals surface area contributed by atoms with Crippen LogP contribution in [0.5, 0.6) is 23.0 Å². The maximum absolute atomic E-state index is 6.57. The van der Waals surface area contributed by atoms with Crippen molar-refractivity contribution in [2.24, 2.45) is 0 Å². The van der Waals surface area contributed by atoms with E-state index < -0.39 is 0 Å². The Balaban J connectivity index is 1.19. The number of benzene rings is 4. The summed E-state index contributed by atoms with van der Waals surface area (Å²) in [6, 6.07) is 18.9. The first-order valence-corrected chi connectivity index (χ1v) is 23.1. The molecule has 2 fully saturated rings. The minimum Gasteiger partial charge on any atom is -0.494 e. The lowest BCUT2D eigenvalue weighted by Gasteiger charge is -2.47. The van der Waals surface area contributed by atoms with Crippen LogP contribution in [-0.4, -0.2) is 89.8 Å². The van der Waals surface area contributed by atoms with Crippen LogP contribution in [0.3, 0.4) is 0 Å². The molecule has 0 amide bonds. The van der Waals surface area contributed by atoms with E-state index in [0.29, 0.717) is 26.4 Å². The minimum atomic E-state index is -0.0571. The molecule has 0 N–H and O–H groups in total. The molecule has 0 aliphatic carbocycles. The molecule has 12 heterocycles. The number of hydrogen-bond acceptors (Lipinski definition) is 4. The highest BCUT2D eigenvalue weighted by molar-refractivity contribution is 5.57. The number of aryl methyl sites for hydroxylation is 8. The number of likely N-dealkylation sites (tertiary alicyclic amines) is 2. The van der Waals surface area contributed by atoms with Crippen molar-refractivity contribution >= 4 is 0 Å². The standard InChI is InChI=1S/C54H76N2O4/c1-37-33-47-34-38(2)49(37)54(19-23-56(11,12)24-20-54)50-39(3)35-48(36-40(50)4)58-26-14-16-28-60-52-43(7)31-46(32-44(52)8)53(17-21-55(9,10)22-18-53)45-29-41(5)51(42(6)30-45)59-27-15-13-25-57-47/h29-36H,13-28H2,1-12H3/q+2. The van der Waals surface area contributed by atoms with Crippen molar-refractivity contribution in [3.63, 3.8) is 0 Å². The quantitative estimate of drug-likeness (QED) is 0.166. The third-order valence-corrected chi connectivity index (χ3v) is 14.7. The van der Waals surface area contributed by atoms with Crippen molar-refractivity contribution in [2.45, 2.75) is 118 Å². The molecule has 324 valence electrons. The number of hydrogen-bond donors (Lipinski definition) is 0. The molecule has 4 aromatic carbocycles. The van der Waals surface area contributed by atoms with Crippen LogP contribution in [0.25, 0.3) is 0 Å². The van der Waals surface area contributed by atoms with Crippen molar-refractivity contribution in [3.8, 4) is 23.0 Å². The van der Waals surface area contributed by atoms with Gasteiger partial charge in [-0.1, -0.05) is 24.3 Å². The molecular weight excluding hydrogens is 741 g/mol. The Hall–Kier alpha value is -4.00. The Morgan fingerprint density at radius 3 is 0.967 bits per heavy atom. The van der Waals surface area contributed by atoms with E-state index in [2.05, 4.69) is 132 Å². The number of quaternary nitrogens is 2. The molecule has 6 nitrogen and oxygen atoms in total. The Morgan fingerprint density at radius 2 is 0.650 bits per heavy atom. The van der Waals surface area contributed by atoms with Crippen LogP contribution in [0.4, 0.5) is 0 Å². The lowest BCUT2D eigenvalue weighted by atomic mass is 9.63. The summed E-state index contributed by atoms with van der Waals surface area (Å²) in [5, 5.41) is 0. The highest BCUT2D eigenvalue weighted by Crippen LogP contribution is 2.50. The Morgan fingerprint density at radius 1 is 0.367 bits per heavy atom. The van der Waals surface area contributed by atoms with Gasteiger partial charge in [0, 0.05) is 36.5 Å². The first-order chi connectivity index (χ1) is 28.4. The predicted octanol–water partition coefficient (Wildman–Crippen LogP) is 11.3. The molecule has 0 atom stereocenters. The number of rotatable bonds is 0. The smallest absolute Gasteiger partial charge is 0.125 e. The fraction of sp³-hybridized carbons (Fsp3) is 0.556. The third kappa shape index (κ3) is 8.98. The van der Waals surface area contributed by atoms with Gasteiger partial charge in [0.1, 0.15) is 23.0 Å². The normalized spacial score (nSPS) is 20.3. The molecule has 0 radical (unpaired) electrons. The van der Waals surface area contributed by atoms with Gasteiger partial charge in [-0.25, -0.2) is 0 Å². The van der Waals surface area contributed by atoms with Crippen molar-refractivity contribution in [2.75, 3.05) is 80.8 Å². The van der Waals surface area contributed by atoms with Gasteiger partial charge in [-0.2, -0.15) is 0 Å². The zero-order chi connectivity index (χ0) is 43.0. The summed E-state index contributed by atoms with van der Waals surface area (Å²) in [4.78, 5) is 0. The van der Waals surface area contributed by atoms with Gasteiger partial charge in [0.2, 0.25) is 0 Å². The van der Waals surface area contributed by atoms with Gasteiger partial charge in [-0.15, -0.1) is 0 Å². The van der Waals surface area contributed by atoms with Crippen LogP contribution >= 0.6 is 0 Å². The monoisotopic (exact) mass is 817 g/mol. The van der Waals surface area contributed by atoms with E-state index in [1.807, 2.05) is 0 Å². The van der Waals surface area contributed by atoms with Gasteiger partial charge >= 0.3 is 0 Å². The van der Waals surface area contributed by atoms with Crippen LogP contribution in [0.15, 0.2) is 48.5 Å². The summed E-state index contributed by atoms with van der Waals surface area (Å²) < 4.78 is 28.2. The van der Waals surface area contributed by atoms with E-state index in [9.17, 15) is 0 Å². The van der Waals surface area contributed by atoms with Gasteiger partial charge < -0.3 is 27.9 Å². The van der Waals surface area contributed by atoms with E-state index >= 15 is 0 Å². The molecular formula is C54H76N2O4+2.